The molecule has 9 nitrogen and oxygen atoms in total. The normalized spacial score (nSPS) is 31.5. The van der Waals surface area contributed by atoms with Gasteiger partial charge in [0.1, 0.15) is 17.6 Å². The SMILES string of the molecule is CCN(CC)c1ccc(N2CC=CC34O[C@@H]5/C=C\CCCOC(=O)C5[C@H]3C(=O)N(C(CO)C(C)C)[C@@H]4C2=O)cc1. The Kier molecular flexibility index (Phi) is 8.06. The lowest BCUT2D eigenvalue weighted by Gasteiger charge is -2.39. The smallest absolute Gasteiger partial charge is 0.312 e. The van der Waals surface area contributed by atoms with Gasteiger partial charge < -0.3 is 29.3 Å². The van der Waals surface area contributed by atoms with E-state index in [1.807, 2.05) is 62.4 Å². The molecule has 6 atom stereocenters. The lowest BCUT2D eigenvalue weighted by molar-refractivity contribution is -0.155. The molecule has 1 spiro atoms. The van der Waals surface area contributed by atoms with E-state index < -0.39 is 41.6 Å². The second-order valence-corrected chi connectivity index (χ2v) is 11.4. The number of carbonyl (C=O) groups is 3. The van der Waals surface area contributed by atoms with E-state index in [4.69, 9.17) is 9.47 Å². The van der Waals surface area contributed by atoms with E-state index in [0.29, 0.717) is 18.7 Å². The number of nitrogens with zero attached hydrogens (tertiary/aromatic N) is 3. The van der Waals surface area contributed by atoms with Crippen molar-refractivity contribution in [2.75, 3.05) is 42.6 Å². The van der Waals surface area contributed by atoms with Crippen molar-refractivity contribution in [1.82, 2.24) is 4.90 Å². The van der Waals surface area contributed by atoms with E-state index in [1.165, 1.54) is 4.90 Å². The van der Waals surface area contributed by atoms with Crippen molar-refractivity contribution in [3.63, 3.8) is 0 Å². The van der Waals surface area contributed by atoms with Crippen molar-refractivity contribution in [3.05, 3.63) is 48.6 Å². The summed E-state index contributed by atoms with van der Waals surface area (Å²) in [5, 5.41) is 10.4. The van der Waals surface area contributed by atoms with Gasteiger partial charge in [0.25, 0.3) is 5.91 Å². The molecule has 9 heteroatoms. The fraction of sp³-hybridized carbons (Fsp3) is 0.581. The lowest BCUT2D eigenvalue weighted by atomic mass is 9.78. The Labute approximate surface area is 236 Å². The van der Waals surface area contributed by atoms with Gasteiger partial charge in [0, 0.05) is 31.0 Å². The number of hydrogen-bond donors (Lipinski definition) is 1. The van der Waals surface area contributed by atoms with Gasteiger partial charge in [-0.1, -0.05) is 38.2 Å². The fourth-order valence-corrected chi connectivity index (χ4v) is 6.83. The van der Waals surface area contributed by atoms with Crippen molar-refractivity contribution in [3.8, 4) is 0 Å². The molecule has 2 saturated heterocycles. The first-order chi connectivity index (χ1) is 19.3. The number of fused-ring (bicyclic) bond motifs is 2. The van der Waals surface area contributed by atoms with Crippen LogP contribution in [-0.4, -0.2) is 84.4 Å². The number of rotatable bonds is 7. The number of benzene rings is 1. The molecule has 1 aromatic rings. The highest BCUT2D eigenvalue weighted by molar-refractivity contribution is 6.05. The van der Waals surface area contributed by atoms with Gasteiger partial charge in [0.15, 0.2) is 0 Å². The summed E-state index contributed by atoms with van der Waals surface area (Å²) in [7, 11) is 0. The molecule has 0 aromatic heterocycles. The van der Waals surface area contributed by atoms with Gasteiger partial charge in [-0.3, -0.25) is 14.4 Å². The maximum absolute atomic E-state index is 14.6. The highest BCUT2D eigenvalue weighted by Gasteiger charge is 2.72. The number of aliphatic hydroxyl groups is 1. The summed E-state index contributed by atoms with van der Waals surface area (Å²) < 4.78 is 12.2. The van der Waals surface area contributed by atoms with E-state index in [-0.39, 0.29) is 30.9 Å². The quantitative estimate of drug-likeness (QED) is 0.411. The zero-order chi connectivity index (χ0) is 28.6. The van der Waals surface area contributed by atoms with Crippen molar-refractivity contribution < 1.29 is 29.0 Å². The number of aliphatic hydroxyl groups excluding tert-OH is 1. The Hall–Kier alpha value is -3.17. The summed E-state index contributed by atoms with van der Waals surface area (Å²) in [6.45, 7) is 10.0. The summed E-state index contributed by atoms with van der Waals surface area (Å²) in [4.78, 5) is 47.6. The third kappa shape index (κ3) is 4.53. The zero-order valence-corrected chi connectivity index (χ0v) is 23.9. The first kappa shape index (κ1) is 28.4. The van der Waals surface area contributed by atoms with Gasteiger partial charge in [0.2, 0.25) is 5.91 Å². The maximum Gasteiger partial charge on any atom is 0.312 e. The van der Waals surface area contributed by atoms with Gasteiger partial charge >= 0.3 is 5.97 Å². The number of allylic oxidation sites excluding steroid dienone is 1. The summed E-state index contributed by atoms with van der Waals surface area (Å²) in [6, 6.07) is 6.20. The highest BCUT2D eigenvalue weighted by atomic mass is 16.6. The number of ether oxygens (including phenoxy) is 2. The molecule has 216 valence electrons. The maximum atomic E-state index is 14.6. The Morgan fingerprint density at radius 2 is 1.80 bits per heavy atom. The van der Waals surface area contributed by atoms with Crippen LogP contribution in [0.15, 0.2) is 48.6 Å². The van der Waals surface area contributed by atoms with Gasteiger partial charge in [-0.25, -0.2) is 0 Å². The third-order valence-electron chi connectivity index (χ3n) is 8.89. The molecule has 0 bridgehead atoms. The summed E-state index contributed by atoms with van der Waals surface area (Å²) in [6.07, 6.45) is 8.23. The van der Waals surface area contributed by atoms with E-state index in [1.54, 1.807) is 4.90 Å². The monoisotopic (exact) mass is 551 g/mol. The average Bonchev–Trinajstić information content (AvgIpc) is 3.35. The van der Waals surface area contributed by atoms with Crippen molar-refractivity contribution in [2.24, 2.45) is 17.8 Å². The number of likely N-dealkylation sites (tertiary alicyclic amines) is 1. The van der Waals surface area contributed by atoms with Crippen LogP contribution in [0, 0.1) is 17.8 Å². The number of amides is 2. The van der Waals surface area contributed by atoms with Crippen LogP contribution >= 0.6 is 0 Å². The molecule has 5 rings (SSSR count). The largest absolute Gasteiger partial charge is 0.465 e. The predicted octanol–water partition coefficient (Wildman–Crippen LogP) is 2.93. The van der Waals surface area contributed by atoms with Crippen molar-refractivity contribution >= 4 is 29.2 Å². The van der Waals surface area contributed by atoms with Crippen LogP contribution in [0.2, 0.25) is 0 Å². The molecule has 2 amide bonds. The molecule has 40 heavy (non-hydrogen) atoms. The van der Waals surface area contributed by atoms with E-state index >= 15 is 0 Å². The molecular formula is C31H41N3O6. The standard InChI is InChI=1S/C31H41N3O6/c1-5-32(6-2)21-12-14-22(15-13-21)33-17-10-16-31-26(25-24(40-31)11-8-7-9-18-39-30(25)38)28(36)34(27(31)29(33)37)23(19-35)20(3)4/h8,10-16,20,23-27,35H,5-7,9,17-19H2,1-4H3/b11-8-/t23?,24-,25?,26+,27-,31?/m1/s1. The number of cyclic esters (lactones) is 1. The van der Waals surface area contributed by atoms with Crippen LogP contribution < -0.4 is 9.80 Å². The predicted molar refractivity (Wildman–Crippen MR) is 152 cm³/mol. The first-order valence-electron chi connectivity index (χ1n) is 14.6. The molecule has 0 aliphatic carbocycles. The van der Waals surface area contributed by atoms with Crippen LogP contribution in [0.3, 0.4) is 0 Å². The van der Waals surface area contributed by atoms with Crippen molar-refractivity contribution in [2.45, 2.75) is 64.3 Å². The molecule has 4 aliphatic rings. The third-order valence-corrected chi connectivity index (χ3v) is 8.89. The minimum atomic E-state index is -1.36. The van der Waals surface area contributed by atoms with Gasteiger partial charge in [-0.2, -0.15) is 0 Å². The Bertz CT molecular complexity index is 1180. The average molecular weight is 552 g/mol. The molecule has 0 saturated carbocycles. The van der Waals surface area contributed by atoms with Crippen LogP contribution in [0.4, 0.5) is 11.4 Å². The molecule has 1 aromatic carbocycles. The molecule has 0 radical (unpaired) electrons. The van der Waals surface area contributed by atoms with Crippen LogP contribution in [0.1, 0.15) is 40.5 Å². The molecule has 1 N–H and O–H groups in total. The molecule has 4 aliphatic heterocycles. The number of hydrogen-bond acceptors (Lipinski definition) is 7. The van der Waals surface area contributed by atoms with Crippen LogP contribution in [-0.2, 0) is 23.9 Å². The molecule has 2 fully saturated rings. The number of carbonyl (C=O) groups excluding carboxylic acids is 3. The highest BCUT2D eigenvalue weighted by Crippen LogP contribution is 2.54. The minimum absolute atomic E-state index is 0.130. The van der Waals surface area contributed by atoms with Crippen molar-refractivity contribution in [1.29, 1.82) is 0 Å². The van der Waals surface area contributed by atoms with Gasteiger partial charge in [0.05, 0.1) is 31.3 Å². The van der Waals surface area contributed by atoms with E-state index in [2.05, 4.69) is 18.7 Å². The Balaban J connectivity index is 1.59. The zero-order valence-electron chi connectivity index (χ0n) is 23.9. The van der Waals surface area contributed by atoms with Crippen LogP contribution in [0.5, 0.6) is 0 Å². The second kappa shape index (κ2) is 11.4. The Morgan fingerprint density at radius 1 is 1.07 bits per heavy atom. The second-order valence-electron chi connectivity index (χ2n) is 11.4. The van der Waals surface area contributed by atoms with E-state index in [0.717, 1.165) is 25.2 Å². The first-order valence-corrected chi connectivity index (χ1v) is 14.6. The topological polar surface area (TPSA) is 99.6 Å². The van der Waals surface area contributed by atoms with Gasteiger partial charge in [-0.05, 0) is 56.9 Å². The minimum Gasteiger partial charge on any atom is -0.465 e. The molecule has 3 unspecified atom stereocenters. The summed E-state index contributed by atoms with van der Waals surface area (Å²) in [5.74, 6) is -3.07. The fourth-order valence-electron chi connectivity index (χ4n) is 6.83. The van der Waals surface area contributed by atoms with Crippen LogP contribution in [0.25, 0.3) is 0 Å². The number of esters is 1. The molecule has 4 heterocycles. The Morgan fingerprint density at radius 3 is 2.45 bits per heavy atom. The summed E-state index contributed by atoms with van der Waals surface area (Å²) in [5.41, 5.74) is 0.422. The number of anilines is 2. The van der Waals surface area contributed by atoms with E-state index in [9.17, 15) is 19.5 Å². The lowest BCUT2D eigenvalue weighted by Crippen LogP contribution is -2.59. The molecular weight excluding hydrogens is 510 g/mol. The summed E-state index contributed by atoms with van der Waals surface area (Å²) >= 11 is 0. The van der Waals surface area contributed by atoms with Gasteiger partial charge in [-0.15, -0.1) is 0 Å².